The molecule has 6 rings (SSSR count). The zero-order valence-corrected chi connectivity index (χ0v) is 38.5. The van der Waals surface area contributed by atoms with E-state index in [-0.39, 0.29) is 57.8 Å². The normalized spacial score (nSPS) is 34.5. The van der Waals surface area contributed by atoms with Crippen LogP contribution in [0.3, 0.4) is 0 Å². The lowest BCUT2D eigenvalue weighted by Gasteiger charge is -2.72. The molecule has 0 amide bonds. The van der Waals surface area contributed by atoms with Crippen molar-refractivity contribution in [3.05, 3.63) is 47.0 Å². The van der Waals surface area contributed by atoms with Gasteiger partial charge in [-0.05, 0) is 136 Å². The summed E-state index contributed by atoms with van der Waals surface area (Å²) in [6, 6.07) is 10.5. The van der Waals surface area contributed by atoms with Crippen LogP contribution in [0.4, 0.5) is 0 Å². The minimum Gasteiger partial charge on any atom is -0.481 e. The lowest BCUT2D eigenvalue weighted by molar-refractivity contribution is -0.235. The number of esters is 2. The fourth-order valence-corrected chi connectivity index (χ4v) is 14.1. The predicted octanol–water partition coefficient (Wildman–Crippen LogP) is 9.38. The third kappa shape index (κ3) is 7.98. The van der Waals surface area contributed by atoms with Gasteiger partial charge in [-0.2, -0.15) is 0 Å². The molecule has 9 heteroatoms. The Balaban J connectivity index is 1.33. The Morgan fingerprint density at radius 1 is 0.881 bits per heavy atom. The maximum absolute atomic E-state index is 14.6. The molecule has 0 aliphatic heterocycles. The Labute approximate surface area is 355 Å². The van der Waals surface area contributed by atoms with Crippen LogP contribution in [0.2, 0.25) is 0 Å². The number of carboxylic acid groups (broad SMARTS) is 1. The van der Waals surface area contributed by atoms with Crippen molar-refractivity contribution in [2.75, 3.05) is 33.7 Å². The molecule has 9 nitrogen and oxygen atoms in total. The van der Waals surface area contributed by atoms with E-state index in [1.54, 1.807) is 13.8 Å². The Morgan fingerprint density at radius 3 is 2.17 bits per heavy atom. The Hall–Kier alpha value is -3.04. The molecule has 0 bridgehead atoms. The average Bonchev–Trinajstić information content (AvgIpc) is 3.45. The first-order valence-corrected chi connectivity index (χ1v) is 22.7. The quantitative estimate of drug-likeness (QED) is 0.184. The SMILES string of the molecule is CC(=O)O[C@@H](CN(CCN(C)C)Cc1ccccc1)[C@@]12CC[C@]3(C)[C@H](CC[C@@H]4[C@@]5(C)CC[C@H](OC(=O)CC(C)(C)C(=O)O)C(C)(C)[C@@H]5CC[C@]43C)C1=C(C(C)C)C(=O)C2. The van der Waals surface area contributed by atoms with Crippen molar-refractivity contribution in [1.29, 1.82) is 0 Å². The summed E-state index contributed by atoms with van der Waals surface area (Å²) in [5.41, 5.74) is 1.54. The fourth-order valence-electron chi connectivity index (χ4n) is 14.1. The van der Waals surface area contributed by atoms with Gasteiger partial charge >= 0.3 is 17.9 Å². The number of Topliss-reactive ketones (excluding diaryl/α,β-unsaturated/α-hetero) is 1. The number of nitrogens with zero attached hydrogens (tertiary/aromatic N) is 2. The number of fused-ring (bicyclic) bond motifs is 7. The maximum atomic E-state index is 14.6. The monoisotopic (exact) mass is 817 g/mol. The number of carboxylic acids is 1. The lowest BCUT2D eigenvalue weighted by Crippen LogP contribution is -2.66. The van der Waals surface area contributed by atoms with Gasteiger partial charge in [-0.1, -0.05) is 78.8 Å². The van der Waals surface area contributed by atoms with E-state index in [1.165, 1.54) is 18.1 Å². The summed E-state index contributed by atoms with van der Waals surface area (Å²) in [6.07, 6.45) is 7.26. The van der Waals surface area contributed by atoms with Crippen LogP contribution in [0.15, 0.2) is 41.5 Å². The Bertz CT molecular complexity index is 1800. The van der Waals surface area contributed by atoms with Gasteiger partial charge in [0.2, 0.25) is 0 Å². The number of benzene rings is 1. The van der Waals surface area contributed by atoms with Crippen molar-refractivity contribution >= 4 is 23.7 Å². The average molecular weight is 817 g/mol. The molecule has 5 aliphatic carbocycles. The summed E-state index contributed by atoms with van der Waals surface area (Å²) in [5, 5.41) is 9.67. The second-order valence-electron chi connectivity index (χ2n) is 22.2. The second kappa shape index (κ2) is 16.3. The van der Waals surface area contributed by atoms with Crippen LogP contribution in [-0.2, 0) is 35.2 Å². The van der Waals surface area contributed by atoms with E-state index in [1.807, 2.05) is 6.07 Å². The number of hydrogen-bond donors (Lipinski definition) is 1. The molecule has 1 N–H and O–H groups in total. The summed E-state index contributed by atoms with van der Waals surface area (Å²) in [7, 11) is 4.18. The summed E-state index contributed by atoms with van der Waals surface area (Å²) in [4.78, 5) is 57.4. The number of likely N-dealkylation sites (N-methyl/N-ethyl adjacent to an activating group) is 1. The molecule has 0 radical (unpaired) electrons. The molecule has 328 valence electrons. The van der Waals surface area contributed by atoms with Gasteiger partial charge in [0.25, 0.3) is 0 Å². The van der Waals surface area contributed by atoms with Gasteiger partial charge in [0.15, 0.2) is 5.78 Å². The molecular formula is C50H76N2O7. The number of ketones is 1. The number of carbonyl (C=O) groups is 4. The van der Waals surface area contributed by atoms with Crippen LogP contribution in [0.25, 0.3) is 0 Å². The number of aliphatic carboxylic acids is 1. The molecule has 1 aromatic rings. The maximum Gasteiger partial charge on any atom is 0.309 e. The first-order valence-electron chi connectivity index (χ1n) is 22.7. The highest BCUT2D eigenvalue weighted by atomic mass is 16.5. The molecule has 1 aromatic carbocycles. The molecule has 0 aromatic heterocycles. The summed E-state index contributed by atoms with van der Waals surface area (Å²) in [5.74, 6) is -0.368. The summed E-state index contributed by atoms with van der Waals surface area (Å²) >= 11 is 0. The minimum absolute atomic E-state index is 0.0150. The van der Waals surface area contributed by atoms with Crippen molar-refractivity contribution in [2.45, 2.75) is 152 Å². The van der Waals surface area contributed by atoms with Crippen molar-refractivity contribution in [2.24, 2.45) is 56.2 Å². The van der Waals surface area contributed by atoms with Crippen molar-refractivity contribution < 1.29 is 33.8 Å². The van der Waals surface area contributed by atoms with Crippen molar-refractivity contribution in [1.82, 2.24) is 9.80 Å². The first kappa shape index (κ1) is 45.5. The Morgan fingerprint density at radius 2 is 1.56 bits per heavy atom. The Kier molecular flexibility index (Phi) is 12.6. The molecule has 4 fully saturated rings. The number of carbonyl (C=O) groups excluding carboxylic acids is 3. The zero-order chi connectivity index (χ0) is 43.5. The first-order chi connectivity index (χ1) is 27.4. The van der Waals surface area contributed by atoms with Gasteiger partial charge in [0, 0.05) is 50.4 Å². The summed E-state index contributed by atoms with van der Waals surface area (Å²) in [6.45, 7) is 24.2. The van der Waals surface area contributed by atoms with E-state index in [0.717, 1.165) is 76.6 Å². The van der Waals surface area contributed by atoms with Crippen LogP contribution in [0.1, 0.15) is 139 Å². The molecule has 0 heterocycles. The summed E-state index contributed by atoms with van der Waals surface area (Å²) < 4.78 is 12.7. The van der Waals surface area contributed by atoms with Gasteiger partial charge in [-0.25, -0.2) is 0 Å². The largest absolute Gasteiger partial charge is 0.481 e. The van der Waals surface area contributed by atoms with Gasteiger partial charge in [0.05, 0.1) is 11.8 Å². The van der Waals surface area contributed by atoms with Crippen LogP contribution >= 0.6 is 0 Å². The number of rotatable bonds is 14. The van der Waals surface area contributed by atoms with E-state index in [9.17, 15) is 24.3 Å². The van der Waals surface area contributed by atoms with Crippen molar-refractivity contribution in [3.8, 4) is 0 Å². The number of ether oxygens (including phenoxy) is 2. The molecule has 0 spiro atoms. The standard InChI is InChI=1S/C50H76N2O7/c1-32(2)42-36(54)28-50(40(58-33(3)53)31-52(27-26-51(11)12)30-34-16-14-13-15-17-34)25-24-48(9)35(43(42)50)18-19-38-47(8)22-21-39(59-41(55)29-45(4,5)44(56)57)46(6,7)37(47)20-23-49(38,48)10/h13-17,32,35,37-40H,18-31H2,1-12H3,(H,56,57)/t35-,37+,38-,39+,40+,47+,48-,49-,50+/m1/s1. The van der Waals surface area contributed by atoms with Crippen LogP contribution < -0.4 is 0 Å². The van der Waals surface area contributed by atoms with E-state index in [0.29, 0.717) is 24.8 Å². The van der Waals surface area contributed by atoms with Gasteiger partial charge in [-0.15, -0.1) is 0 Å². The predicted molar refractivity (Wildman–Crippen MR) is 231 cm³/mol. The van der Waals surface area contributed by atoms with Crippen LogP contribution in [-0.4, -0.2) is 84.5 Å². The zero-order valence-electron chi connectivity index (χ0n) is 38.5. The number of allylic oxidation sites excluding steroid dienone is 1. The van der Waals surface area contributed by atoms with E-state index in [4.69, 9.17) is 9.47 Å². The van der Waals surface area contributed by atoms with Gasteiger partial charge < -0.3 is 19.5 Å². The molecular weight excluding hydrogens is 741 g/mol. The highest BCUT2D eigenvalue weighted by Crippen LogP contribution is 2.77. The van der Waals surface area contributed by atoms with Crippen LogP contribution in [0, 0.1) is 56.2 Å². The molecule has 0 saturated heterocycles. The van der Waals surface area contributed by atoms with E-state index in [2.05, 4.69) is 96.6 Å². The number of hydrogen-bond acceptors (Lipinski definition) is 8. The molecule has 5 aliphatic rings. The highest BCUT2D eigenvalue weighted by molar-refractivity contribution is 6.01. The fraction of sp³-hybridized carbons (Fsp3) is 0.760. The van der Waals surface area contributed by atoms with Crippen LogP contribution in [0.5, 0.6) is 0 Å². The van der Waals surface area contributed by atoms with Crippen molar-refractivity contribution in [3.63, 3.8) is 0 Å². The van der Waals surface area contributed by atoms with E-state index < -0.39 is 28.9 Å². The lowest BCUT2D eigenvalue weighted by atomic mass is 9.33. The van der Waals surface area contributed by atoms with Gasteiger partial charge in [0.1, 0.15) is 12.2 Å². The molecule has 4 saturated carbocycles. The second-order valence-corrected chi connectivity index (χ2v) is 22.2. The molecule has 9 atom stereocenters. The third-order valence-corrected chi connectivity index (χ3v) is 17.3. The molecule has 59 heavy (non-hydrogen) atoms. The molecule has 0 unspecified atom stereocenters. The van der Waals surface area contributed by atoms with Gasteiger partial charge in [-0.3, -0.25) is 24.1 Å². The smallest absolute Gasteiger partial charge is 0.309 e. The topological polar surface area (TPSA) is 113 Å². The van der Waals surface area contributed by atoms with E-state index >= 15 is 0 Å². The minimum atomic E-state index is -1.18. The third-order valence-electron chi connectivity index (χ3n) is 17.3. The highest BCUT2D eigenvalue weighted by Gasteiger charge is 2.71.